The molecule has 0 radical (unpaired) electrons. The summed E-state index contributed by atoms with van der Waals surface area (Å²) in [7, 11) is 0. The maximum Gasteiger partial charge on any atom is 0.311 e. The molecule has 2 aliphatic rings. The Balaban J connectivity index is 0.000000300. The number of rotatable bonds is 5. The fourth-order valence-corrected chi connectivity index (χ4v) is 3.39. The van der Waals surface area contributed by atoms with E-state index in [1.54, 1.807) is 0 Å². The molecule has 28 heavy (non-hydrogen) atoms. The van der Waals surface area contributed by atoms with Crippen LogP contribution in [0, 0.1) is 5.92 Å². The first-order valence-electron chi connectivity index (χ1n) is 9.13. The maximum atomic E-state index is 12.0. The van der Waals surface area contributed by atoms with Crippen molar-refractivity contribution in [3.8, 4) is 0 Å². The Kier molecular flexibility index (Phi) is 8.47. The van der Waals surface area contributed by atoms with E-state index in [4.69, 9.17) is 16.3 Å². The summed E-state index contributed by atoms with van der Waals surface area (Å²) in [6.07, 6.45) is 5.28. The van der Waals surface area contributed by atoms with E-state index < -0.39 is 11.9 Å². The minimum Gasteiger partial charge on any atom is -0.545 e. The van der Waals surface area contributed by atoms with Gasteiger partial charge in [0.15, 0.2) is 0 Å². The third-order valence-corrected chi connectivity index (χ3v) is 4.87. The number of hydrogen-bond acceptors (Lipinski definition) is 7. The summed E-state index contributed by atoms with van der Waals surface area (Å²) in [6, 6.07) is 7.60. The van der Waals surface area contributed by atoms with E-state index in [0.717, 1.165) is 31.6 Å². The number of hydrogen-bond donors (Lipinski definition) is 0. The largest absolute Gasteiger partial charge is 0.545 e. The van der Waals surface area contributed by atoms with Crippen LogP contribution in [0.5, 0.6) is 0 Å². The molecular weight excluding hydrogens is 386 g/mol. The Morgan fingerprint density at radius 2 is 1.64 bits per heavy atom. The number of ether oxygens (including phenoxy) is 1. The smallest absolute Gasteiger partial charge is 0.311 e. The first-order valence-corrected chi connectivity index (χ1v) is 9.51. The van der Waals surface area contributed by atoms with Crippen molar-refractivity contribution >= 4 is 29.5 Å². The number of halogens is 1. The van der Waals surface area contributed by atoms with E-state index in [9.17, 15) is 24.6 Å². The van der Waals surface area contributed by atoms with Crippen molar-refractivity contribution in [1.82, 2.24) is 4.90 Å². The molecule has 2 saturated heterocycles. The molecule has 1 aromatic carbocycles. The third-order valence-electron chi connectivity index (χ3n) is 4.61. The van der Waals surface area contributed by atoms with Gasteiger partial charge in [-0.2, -0.15) is 0 Å². The highest BCUT2D eigenvalue weighted by atomic mass is 35.5. The first kappa shape index (κ1) is 21.9. The van der Waals surface area contributed by atoms with Crippen LogP contribution in [0.25, 0.3) is 0 Å². The number of carboxylic acids is 2. The first-order chi connectivity index (χ1) is 13.3. The topological polar surface area (TPSA) is 110 Å². The molecule has 3 rings (SSSR count). The Bertz CT molecular complexity index is 696. The van der Waals surface area contributed by atoms with Gasteiger partial charge in [-0.3, -0.25) is 4.79 Å². The summed E-state index contributed by atoms with van der Waals surface area (Å²) >= 11 is 5.89. The molecule has 8 heteroatoms. The highest BCUT2D eigenvalue weighted by Gasteiger charge is 2.36. The molecule has 0 bridgehead atoms. The lowest BCUT2D eigenvalue weighted by atomic mass is 9.99. The number of carboxylic acid groups (broad SMARTS) is 2. The monoisotopic (exact) mass is 407 g/mol. The zero-order valence-corrected chi connectivity index (χ0v) is 16.1. The summed E-state index contributed by atoms with van der Waals surface area (Å²) in [4.78, 5) is 33.3. The van der Waals surface area contributed by atoms with Crippen LogP contribution in [0.3, 0.4) is 0 Å². The van der Waals surface area contributed by atoms with Crippen LogP contribution in [0.2, 0.25) is 5.02 Å². The van der Waals surface area contributed by atoms with Gasteiger partial charge in [-0.1, -0.05) is 30.2 Å². The lowest BCUT2D eigenvalue weighted by Gasteiger charge is -2.27. The molecule has 0 amide bonds. The van der Waals surface area contributed by atoms with Gasteiger partial charge in [-0.25, -0.2) is 0 Å². The van der Waals surface area contributed by atoms with Gasteiger partial charge in [0, 0.05) is 18.0 Å². The van der Waals surface area contributed by atoms with Crippen LogP contribution < -0.4 is 10.2 Å². The molecule has 0 aliphatic carbocycles. The lowest BCUT2D eigenvalue weighted by Crippen LogP contribution is -2.35. The molecule has 2 fully saturated rings. The number of likely N-dealkylation sites (tertiary alicyclic amines) is 1. The number of piperidine rings is 1. The van der Waals surface area contributed by atoms with Crippen molar-refractivity contribution in [2.45, 2.75) is 31.8 Å². The standard InChI is InChI=1S/C16H20ClNO2.C4H4O4/c17-14-6-4-12(5-7-14)15-10-13(16(19)20-15)11-18-8-2-1-3-9-18;5-3(6)1-2-4(7)8/h4-7,13,15H,1-3,8-11H2;1-2H,(H,5,6)(H,7,8)/p-2/b;2-1-. The number of esters is 1. The van der Waals surface area contributed by atoms with Gasteiger partial charge in [-0.05, 0) is 55.8 Å². The number of carbonyl (C=O) groups excluding carboxylic acids is 3. The van der Waals surface area contributed by atoms with Gasteiger partial charge in [0.25, 0.3) is 0 Å². The molecule has 0 aromatic heterocycles. The van der Waals surface area contributed by atoms with Gasteiger partial charge in [0.1, 0.15) is 6.10 Å². The molecule has 0 spiro atoms. The molecule has 7 nitrogen and oxygen atoms in total. The van der Waals surface area contributed by atoms with Crippen LogP contribution >= 0.6 is 11.6 Å². The zero-order valence-electron chi connectivity index (χ0n) is 15.3. The molecule has 0 N–H and O–H groups in total. The van der Waals surface area contributed by atoms with Crippen LogP contribution in [-0.2, 0) is 19.1 Å². The molecule has 0 saturated carbocycles. The SMILES string of the molecule is O=C([O-])/C=C\C(=O)[O-].O=C1OC(c2ccc(Cl)cc2)CC1CN1CCCCC1. The molecule has 2 unspecified atom stereocenters. The lowest BCUT2D eigenvalue weighted by molar-refractivity contribution is -0.301. The molecule has 2 aliphatic heterocycles. The Labute approximate surface area is 168 Å². The molecule has 2 atom stereocenters. The van der Waals surface area contributed by atoms with Gasteiger partial charge in [0.05, 0.1) is 17.9 Å². The second kappa shape index (κ2) is 10.8. The van der Waals surface area contributed by atoms with Gasteiger partial charge < -0.3 is 29.4 Å². The van der Waals surface area contributed by atoms with Gasteiger partial charge in [0.2, 0.25) is 0 Å². The van der Waals surface area contributed by atoms with Crippen molar-refractivity contribution in [3.63, 3.8) is 0 Å². The van der Waals surface area contributed by atoms with E-state index in [1.165, 1.54) is 19.3 Å². The van der Waals surface area contributed by atoms with E-state index in [-0.39, 0.29) is 18.0 Å². The Morgan fingerprint density at radius 1 is 1.07 bits per heavy atom. The van der Waals surface area contributed by atoms with Gasteiger partial charge >= 0.3 is 5.97 Å². The minimum atomic E-state index is -1.55. The average molecular weight is 408 g/mol. The summed E-state index contributed by atoms with van der Waals surface area (Å²) in [5, 5.41) is 19.5. The van der Waals surface area contributed by atoms with Crippen molar-refractivity contribution in [2.75, 3.05) is 19.6 Å². The highest BCUT2D eigenvalue weighted by Crippen LogP contribution is 2.34. The Hall–Kier alpha value is -2.38. The van der Waals surface area contributed by atoms with Crippen molar-refractivity contribution in [3.05, 3.63) is 47.0 Å². The molecule has 2 heterocycles. The molecular formula is C20H22ClNO6-2. The van der Waals surface area contributed by atoms with E-state index in [1.807, 2.05) is 24.3 Å². The molecule has 152 valence electrons. The normalized spacial score (nSPS) is 22.4. The third kappa shape index (κ3) is 7.32. The predicted octanol–water partition coefficient (Wildman–Crippen LogP) is 0.473. The second-order valence-electron chi connectivity index (χ2n) is 6.74. The van der Waals surface area contributed by atoms with Crippen molar-refractivity contribution in [1.29, 1.82) is 0 Å². The number of carbonyl (C=O) groups is 3. The maximum absolute atomic E-state index is 12.0. The fourth-order valence-electron chi connectivity index (χ4n) is 3.26. The summed E-state index contributed by atoms with van der Waals surface area (Å²) in [6.45, 7) is 3.09. The summed E-state index contributed by atoms with van der Waals surface area (Å²) < 4.78 is 5.53. The van der Waals surface area contributed by atoms with E-state index in [0.29, 0.717) is 17.2 Å². The number of cyclic esters (lactones) is 1. The van der Waals surface area contributed by atoms with Gasteiger partial charge in [-0.15, -0.1) is 0 Å². The second-order valence-corrected chi connectivity index (χ2v) is 7.18. The average Bonchev–Trinajstić information content (AvgIpc) is 3.02. The fraction of sp³-hybridized carbons (Fsp3) is 0.450. The van der Waals surface area contributed by atoms with E-state index >= 15 is 0 Å². The van der Waals surface area contributed by atoms with Crippen LogP contribution in [-0.4, -0.2) is 42.4 Å². The van der Waals surface area contributed by atoms with Crippen LogP contribution in [0.15, 0.2) is 36.4 Å². The van der Waals surface area contributed by atoms with E-state index in [2.05, 4.69) is 4.90 Å². The highest BCUT2D eigenvalue weighted by molar-refractivity contribution is 6.30. The number of benzene rings is 1. The number of aliphatic carboxylic acids is 2. The summed E-state index contributed by atoms with van der Waals surface area (Å²) in [5.74, 6) is -3.12. The Morgan fingerprint density at radius 3 is 2.18 bits per heavy atom. The summed E-state index contributed by atoms with van der Waals surface area (Å²) in [5.41, 5.74) is 1.05. The van der Waals surface area contributed by atoms with Crippen LogP contribution in [0.4, 0.5) is 0 Å². The predicted molar refractivity (Wildman–Crippen MR) is 97.8 cm³/mol. The minimum absolute atomic E-state index is 0.0220. The molecule has 1 aromatic rings. The van der Waals surface area contributed by atoms with Crippen LogP contribution in [0.1, 0.15) is 37.4 Å². The quantitative estimate of drug-likeness (QED) is 0.515. The van der Waals surface area contributed by atoms with Crippen molar-refractivity contribution < 1.29 is 29.3 Å². The van der Waals surface area contributed by atoms with Crippen molar-refractivity contribution in [2.24, 2.45) is 5.92 Å². The number of nitrogens with zero attached hydrogens (tertiary/aromatic N) is 1. The zero-order chi connectivity index (χ0) is 20.5.